The Hall–Kier alpha value is -9.81. The van der Waals surface area contributed by atoms with Crippen molar-refractivity contribution >= 4 is 81.9 Å². The van der Waals surface area contributed by atoms with Crippen molar-refractivity contribution in [2.45, 2.75) is 102 Å². The van der Waals surface area contributed by atoms with Gasteiger partial charge in [0.05, 0.1) is 87.5 Å². The fourth-order valence-electron chi connectivity index (χ4n) is 10.8. The molecule has 10 N–H and O–H groups in total. The molecule has 8 rings (SSSR count). The summed E-state index contributed by atoms with van der Waals surface area (Å²) in [6.07, 6.45) is 1.46. The summed E-state index contributed by atoms with van der Waals surface area (Å²) in [5, 5.41) is 41.4. The highest BCUT2D eigenvalue weighted by Crippen LogP contribution is 2.46. The third kappa shape index (κ3) is 16.1. The number of esters is 1. The number of carboxylic acids is 1. The van der Waals surface area contributed by atoms with E-state index in [4.69, 9.17) is 19.2 Å². The number of hydrogen-bond acceptors (Lipinski definition) is 18. The lowest BCUT2D eigenvalue weighted by Gasteiger charge is -2.31. The predicted octanol–water partition coefficient (Wildman–Crippen LogP) is -1.97. The Kier molecular flexibility index (Phi) is 22.0. The highest BCUT2D eigenvalue weighted by molar-refractivity contribution is 6.13. The van der Waals surface area contributed by atoms with Crippen LogP contribution in [-0.4, -0.2) is 173 Å². The first kappa shape index (κ1) is 66.1. The number of nitrogens with zero attached hydrogens (tertiary/aromatic N) is 3. The van der Waals surface area contributed by atoms with Gasteiger partial charge in [-0.2, -0.15) is 0 Å². The number of cyclic esters (lactones) is 1. The first-order valence-electron chi connectivity index (χ1n) is 29.1. The fourth-order valence-corrected chi connectivity index (χ4v) is 10.8. The van der Waals surface area contributed by atoms with Crippen LogP contribution in [0.4, 0.5) is 4.39 Å². The molecule has 0 bridgehead atoms. The van der Waals surface area contributed by atoms with E-state index >= 15 is 4.39 Å². The molecule has 0 radical (unpaired) electrons. The van der Waals surface area contributed by atoms with Crippen LogP contribution < -0.4 is 48.1 Å². The molecular formula is C60H68FN11O18. The molecule has 10 amide bonds. The second-order valence-electron chi connectivity index (χ2n) is 21.5. The number of rotatable bonds is 31. The summed E-state index contributed by atoms with van der Waals surface area (Å²) < 4.78 is 32.8. The lowest BCUT2D eigenvalue weighted by Crippen LogP contribution is -2.53. The summed E-state index contributed by atoms with van der Waals surface area (Å²) in [5.74, 6) is -9.60. The summed E-state index contributed by atoms with van der Waals surface area (Å²) in [4.78, 5) is 171. The van der Waals surface area contributed by atoms with Crippen molar-refractivity contribution in [1.82, 2.24) is 57.0 Å². The Balaban J connectivity index is 0.757. The summed E-state index contributed by atoms with van der Waals surface area (Å²) in [6, 6.07) is 7.89. The highest BCUT2D eigenvalue weighted by Gasteiger charge is 2.46. The molecule has 0 saturated heterocycles. The van der Waals surface area contributed by atoms with Gasteiger partial charge in [0.15, 0.2) is 5.60 Å². The fraction of sp³-hybridized carbons (Fsp3) is 0.433. The van der Waals surface area contributed by atoms with Gasteiger partial charge in [-0.1, -0.05) is 37.3 Å². The van der Waals surface area contributed by atoms with Crippen molar-refractivity contribution in [2.24, 2.45) is 0 Å². The van der Waals surface area contributed by atoms with Crippen molar-refractivity contribution in [3.8, 4) is 11.4 Å². The number of imide groups is 1. The van der Waals surface area contributed by atoms with Gasteiger partial charge in [0.1, 0.15) is 24.5 Å². The molecule has 0 fully saturated rings. The minimum atomic E-state index is -2.07. The number of aliphatic carboxylic acids is 1. The number of aromatic nitrogens is 2. The lowest BCUT2D eigenvalue weighted by atomic mass is 9.81. The molecule has 30 heteroatoms. The Morgan fingerprint density at radius 3 is 2.10 bits per heavy atom. The van der Waals surface area contributed by atoms with Gasteiger partial charge < -0.3 is 71.5 Å². The average Bonchev–Trinajstić information content (AvgIpc) is 1.47. The van der Waals surface area contributed by atoms with Crippen LogP contribution in [0.3, 0.4) is 0 Å². The van der Waals surface area contributed by atoms with Gasteiger partial charge in [-0.3, -0.25) is 62.4 Å². The van der Waals surface area contributed by atoms with Crippen LogP contribution in [0.2, 0.25) is 0 Å². The molecule has 2 aromatic heterocycles. The molecule has 5 heterocycles. The number of aliphatic hydroxyl groups is 1. The molecular weight excluding hydrogens is 1180 g/mol. The first-order chi connectivity index (χ1) is 43.1. The minimum absolute atomic E-state index is 0.0315. The van der Waals surface area contributed by atoms with Gasteiger partial charge >= 0.3 is 11.9 Å². The maximum Gasteiger partial charge on any atom is 0.343 e. The Bertz CT molecular complexity index is 3610. The number of carbonyl (C=O) groups is 12. The summed E-state index contributed by atoms with van der Waals surface area (Å²) in [5.41, 5.74) is 1.60. The molecule has 4 atom stereocenters. The predicted molar refractivity (Wildman–Crippen MR) is 311 cm³/mol. The van der Waals surface area contributed by atoms with E-state index in [0.29, 0.717) is 62.9 Å². The van der Waals surface area contributed by atoms with Gasteiger partial charge in [-0.25, -0.2) is 14.2 Å². The first-order valence-corrected chi connectivity index (χ1v) is 29.1. The number of carboxylic acid groups (broad SMARTS) is 1. The minimum Gasteiger partial charge on any atom is -0.481 e. The number of fused-ring (bicyclic) bond motifs is 5. The van der Waals surface area contributed by atoms with Gasteiger partial charge in [-0.05, 0) is 54.5 Å². The van der Waals surface area contributed by atoms with E-state index in [9.17, 15) is 72.5 Å². The zero-order valence-electron chi connectivity index (χ0n) is 49.2. The summed E-state index contributed by atoms with van der Waals surface area (Å²) >= 11 is 0. The second kappa shape index (κ2) is 29.9. The van der Waals surface area contributed by atoms with E-state index in [2.05, 4.69) is 42.5 Å². The molecule has 0 unspecified atom stereocenters. The van der Waals surface area contributed by atoms with Crippen LogP contribution in [0.15, 0.2) is 59.4 Å². The lowest BCUT2D eigenvalue weighted by molar-refractivity contribution is -0.172. The van der Waals surface area contributed by atoms with Crippen molar-refractivity contribution in [3.63, 3.8) is 0 Å². The number of pyridine rings is 2. The van der Waals surface area contributed by atoms with Crippen LogP contribution in [0.1, 0.15) is 90.4 Å². The van der Waals surface area contributed by atoms with E-state index in [1.165, 1.54) is 10.6 Å². The molecule has 1 aliphatic carbocycles. The molecule has 29 nitrogen and oxygen atoms in total. The van der Waals surface area contributed by atoms with Crippen molar-refractivity contribution in [3.05, 3.63) is 110 Å². The standard InChI is InChI=1S/C60H68FN11O18/c1-3-60(87)37-24-43-55-35(30-72(43)58(85)36(37)31-90-59(60)86)54-39(10-9-34-32(2)38(61)25-40(70-55)53(34)54)67-45(74)13-16-62-47(76)27-65-56(83)41(23-33-7-5-4-6-8-33)69-49(78)29-64-48(77)28-66-57(84)42(26-52(81)82)68-46(75)15-19-88-21-22-89-20-17-63-44(73)14-18-71-50(79)11-12-51(71)80/h4-8,11-12,24-25,39,41-42,87H,3,9-10,13-23,26-31H2,1-2H3,(H,62,76)(H,63,73)(H,64,77)(H,65,83)(H,66,84)(H,67,74)(H,68,75)(H,69,78)(H,81,82)/t39-,41-,42-,60-/m0/s1. The quantitative estimate of drug-likeness (QED) is 0.0131. The van der Waals surface area contributed by atoms with Crippen molar-refractivity contribution < 1.29 is 86.3 Å². The van der Waals surface area contributed by atoms with Crippen LogP contribution in [0, 0.1) is 12.7 Å². The highest BCUT2D eigenvalue weighted by atomic mass is 19.1. The number of hydrogen-bond donors (Lipinski definition) is 10. The van der Waals surface area contributed by atoms with Crippen LogP contribution >= 0.6 is 0 Å². The Labute approximate surface area is 512 Å². The molecule has 0 spiro atoms. The third-order valence-corrected chi connectivity index (χ3v) is 15.5. The molecule has 90 heavy (non-hydrogen) atoms. The zero-order chi connectivity index (χ0) is 64.8. The number of nitrogens with one attached hydrogen (secondary N) is 8. The summed E-state index contributed by atoms with van der Waals surface area (Å²) in [6.45, 7) is 0.975. The van der Waals surface area contributed by atoms with Crippen LogP contribution in [-0.2, 0) is 103 Å². The number of ether oxygens (including phenoxy) is 3. The number of aryl methyl sites for hydroxylation is 1. The number of halogens is 1. The van der Waals surface area contributed by atoms with Gasteiger partial charge in [0.2, 0.25) is 47.3 Å². The zero-order valence-corrected chi connectivity index (χ0v) is 49.2. The maximum atomic E-state index is 15.4. The third-order valence-electron chi connectivity index (χ3n) is 15.5. The molecule has 4 aromatic rings. The van der Waals surface area contributed by atoms with E-state index in [-0.39, 0.29) is 102 Å². The average molecular weight is 1250 g/mol. The van der Waals surface area contributed by atoms with Crippen LogP contribution in [0.5, 0.6) is 0 Å². The maximum absolute atomic E-state index is 15.4. The smallest absolute Gasteiger partial charge is 0.343 e. The van der Waals surface area contributed by atoms with E-state index < -0.39 is 132 Å². The molecule has 2 aromatic carbocycles. The number of benzene rings is 2. The molecule has 4 aliphatic rings. The van der Waals surface area contributed by atoms with E-state index in [1.54, 1.807) is 50.2 Å². The molecule has 3 aliphatic heterocycles. The topological polar surface area (TPSA) is 407 Å². The van der Waals surface area contributed by atoms with Gasteiger partial charge in [-0.15, -0.1) is 0 Å². The molecule has 478 valence electrons. The van der Waals surface area contributed by atoms with E-state index in [0.717, 1.165) is 17.1 Å². The van der Waals surface area contributed by atoms with E-state index in [1.807, 2.05) is 0 Å². The summed E-state index contributed by atoms with van der Waals surface area (Å²) in [7, 11) is 0. The Morgan fingerprint density at radius 1 is 0.744 bits per heavy atom. The number of amides is 10. The normalized spacial score (nSPS) is 16.6. The molecule has 0 saturated carbocycles. The number of carbonyl (C=O) groups excluding carboxylic acids is 11. The Morgan fingerprint density at radius 2 is 1.40 bits per heavy atom. The monoisotopic (exact) mass is 1250 g/mol. The van der Waals surface area contributed by atoms with Crippen molar-refractivity contribution in [1.29, 1.82) is 0 Å². The van der Waals surface area contributed by atoms with Crippen molar-refractivity contribution in [2.75, 3.05) is 65.7 Å². The van der Waals surface area contributed by atoms with Gasteiger partial charge in [0.25, 0.3) is 17.4 Å². The SMILES string of the molecule is CC[C@@]1(O)C(=O)OCc2c1cc1n(c2=O)Cc2c-1nc1cc(F)c(C)c3c1c2[C@@H](NC(=O)CCNC(=O)CNC(=O)[C@H](Cc1ccccc1)NC(=O)CNC(=O)CNC(=O)[C@H](CC(=O)O)NC(=O)CCOCCOCCNC(=O)CCN1C(=O)C=CC1=O)CC3. The largest absolute Gasteiger partial charge is 0.481 e. The second-order valence-corrected chi connectivity index (χ2v) is 21.5. The van der Waals surface area contributed by atoms with Crippen LogP contribution in [0.25, 0.3) is 22.3 Å². The van der Waals surface area contributed by atoms with Gasteiger partial charge in [0, 0.05) is 80.0 Å².